The molecule has 6 heteroatoms. The lowest BCUT2D eigenvalue weighted by Gasteiger charge is -2.07. The number of ether oxygens (including phenoxy) is 1. The lowest BCUT2D eigenvalue weighted by Crippen LogP contribution is -2.20. The number of anilines is 1. The minimum Gasteiger partial charge on any atom is -0.489 e. The first-order valence-electron chi connectivity index (χ1n) is 10.4. The van der Waals surface area contributed by atoms with Gasteiger partial charge < -0.3 is 10.1 Å². The Kier molecular flexibility index (Phi) is 8.15. The molecule has 164 valence electrons. The van der Waals surface area contributed by atoms with Crippen molar-refractivity contribution in [2.45, 2.75) is 33.3 Å². The highest BCUT2D eigenvalue weighted by molar-refractivity contribution is 5.93. The molecule has 0 radical (unpaired) electrons. The van der Waals surface area contributed by atoms with Crippen molar-refractivity contribution in [1.82, 2.24) is 5.43 Å². The maximum atomic E-state index is 11.9. The number of nitrogens with one attached hydrogen (secondary N) is 2. The molecule has 0 saturated carbocycles. The molecule has 0 spiro atoms. The molecule has 0 aliphatic carbocycles. The average molecular weight is 430 g/mol. The van der Waals surface area contributed by atoms with Gasteiger partial charge in [0.2, 0.25) is 11.8 Å². The molecule has 0 heterocycles. The van der Waals surface area contributed by atoms with Gasteiger partial charge in [0.25, 0.3) is 0 Å². The van der Waals surface area contributed by atoms with Crippen LogP contribution in [0.1, 0.15) is 35.1 Å². The van der Waals surface area contributed by atoms with E-state index in [1.54, 1.807) is 6.21 Å². The summed E-state index contributed by atoms with van der Waals surface area (Å²) in [5.74, 6) is 0.222. The van der Waals surface area contributed by atoms with Crippen LogP contribution in [-0.4, -0.2) is 18.0 Å². The van der Waals surface area contributed by atoms with Gasteiger partial charge in [0.15, 0.2) is 0 Å². The molecule has 3 aromatic carbocycles. The molecule has 0 aliphatic rings. The number of rotatable bonds is 9. The maximum absolute atomic E-state index is 11.9. The number of benzene rings is 3. The van der Waals surface area contributed by atoms with Gasteiger partial charge in [0.05, 0.1) is 6.21 Å². The van der Waals surface area contributed by atoms with Crippen molar-refractivity contribution in [3.05, 3.63) is 95.1 Å². The van der Waals surface area contributed by atoms with Crippen LogP contribution in [-0.2, 0) is 16.2 Å². The molecule has 3 aromatic rings. The van der Waals surface area contributed by atoms with E-state index < -0.39 is 0 Å². The number of aryl methyl sites for hydroxylation is 2. The third-order valence-corrected chi connectivity index (χ3v) is 4.69. The van der Waals surface area contributed by atoms with Crippen LogP contribution >= 0.6 is 0 Å². The zero-order valence-corrected chi connectivity index (χ0v) is 18.3. The van der Waals surface area contributed by atoms with Gasteiger partial charge in [-0.15, -0.1) is 0 Å². The normalized spacial score (nSPS) is 10.7. The van der Waals surface area contributed by atoms with Crippen molar-refractivity contribution in [2.24, 2.45) is 5.10 Å². The van der Waals surface area contributed by atoms with Gasteiger partial charge >= 0.3 is 0 Å². The van der Waals surface area contributed by atoms with Gasteiger partial charge in [-0.25, -0.2) is 5.43 Å². The second kappa shape index (κ2) is 11.5. The summed E-state index contributed by atoms with van der Waals surface area (Å²) in [6, 6.07) is 23.1. The smallest absolute Gasteiger partial charge is 0.240 e. The second-order valence-electron chi connectivity index (χ2n) is 7.55. The Morgan fingerprint density at radius 1 is 0.875 bits per heavy atom. The Balaban J connectivity index is 1.37. The first kappa shape index (κ1) is 22.7. The first-order chi connectivity index (χ1) is 15.5. The Morgan fingerprint density at radius 3 is 2.31 bits per heavy atom. The molecule has 0 fully saturated rings. The van der Waals surface area contributed by atoms with E-state index in [-0.39, 0.29) is 24.7 Å². The molecule has 0 atom stereocenters. The van der Waals surface area contributed by atoms with E-state index in [4.69, 9.17) is 4.74 Å². The van der Waals surface area contributed by atoms with Gasteiger partial charge in [-0.05, 0) is 61.4 Å². The number of carbonyl (C=O) groups is 2. The average Bonchev–Trinajstić information content (AvgIpc) is 2.79. The zero-order valence-electron chi connectivity index (χ0n) is 18.3. The van der Waals surface area contributed by atoms with E-state index in [2.05, 4.69) is 34.9 Å². The van der Waals surface area contributed by atoms with Crippen LogP contribution in [0.2, 0.25) is 0 Å². The fraction of sp³-hybridized carbons (Fsp3) is 0.192. The number of hydrazone groups is 1. The van der Waals surface area contributed by atoms with E-state index in [9.17, 15) is 9.59 Å². The van der Waals surface area contributed by atoms with Gasteiger partial charge in [-0.1, -0.05) is 47.5 Å². The summed E-state index contributed by atoms with van der Waals surface area (Å²) in [5, 5.41) is 6.71. The molecule has 3 rings (SSSR count). The predicted molar refractivity (Wildman–Crippen MR) is 127 cm³/mol. The Morgan fingerprint density at radius 2 is 1.59 bits per heavy atom. The fourth-order valence-corrected chi connectivity index (χ4v) is 2.94. The summed E-state index contributed by atoms with van der Waals surface area (Å²) < 4.78 is 5.80. The van der Waals surface area contributed by atoms with Crippen LogP contribution in [0.15, 0.2) is 77.9 Å². The van der Waals surface area contributed by atoms with Gasteiger partial charge in [0, 0.05) is 18.5 Å². The van der Waals surface area contributed by atoms with E-state index in [0.717, 1.165) is 22.4 Å². The van der Waals surface area contributed by atoms with Gasteiger partial charge in [-0.3, -0.25) is 9.59 Å². The summed E-state index contributed by atoms with van der Waals surface area (Å²) >= 11 is 0. The lowest BCUT2D eigenvalue weighted by molar-refractivity contribution is -0.124. The maximum Gasteiger partial charge on any atom is 0.240 e. The molecular weight excluding hydrogens is 402 g/mol. The van der Waals surface area contributed by atoms with Crippen LogP contribution < -0.4 is 15.5 Å². The third kappa shape index (κ3) is 7.72. The van der Waals surface area contributed by atoms with Gasteiger partial charge in [0.1, 0.15) is 12.4 Å². The van der Waals surface area contributed by atoms with Crippen molar-refractivity contribution in [3.8, 4) is 5.75 Å². The Hall–Kier alpha value is -3.93. The molecule has 0 aliphatic heterocycles. The minimum atomic E-state index is -0.321. The SMILES string of the molecule is Cc1ccc(NC(=O)CCC(=O)NN=Cc2ccc(OCc3cccc(C)c3)cc2)cc1. The van der Waals surface area contributed by atoms with Crippen LogP contribution in [0.5, 0.6) is 5.75 Å². The van der Waals surface area contributed by atoms with Crippen LogP contribution in [0.3, 0.4) is 0 Å². The van der Waals surface area contributed by atoms with E-state index >= 15 is 0 Å². The van der Waals surface area contributed by atoms with Crippen LogP contribution in [0, 0.1) is 13.8 Å². The molecule has 32 heavy (non-hydrogen) atoms. The van der Waals surface area contributed by atoms with Crippen molar-refractivity contribution < 1.29 is 14.3 Å². The zero-order chi connectivity index (χ0) is 22.8. The monoisotopic (exact) mass is 429 g/mol. The van der Waals surface area contributed by atoms with E-state index in [1.807, 2.05) is 67.6 Å². The number of hydrogen-bond acceptors (Lipinski definition) is 4. The summed E-state index contributed by atoms with van der Waals surface area (Å²) in [7, 11) is 0. The number of amides is 2. The van der Waals surface area contributed by atoms with Crippen molar-refractivity contribution in [1.29, 1.82) is 0 Å². The number of hydrogen-bond donors (Lipinski definition) is 2. The van der Waals surface area contributed by atoms with Crippen LogP contribution in [0.4, 0.5) is 5.69 Å². The molecule has 0 bridgehead atoms. The highest BCUT2D eigenvalue weighted by Crippen LogP contribution is 2.14. The molecule has 0 aromatic heterocycles. The summed E-state index contributed by atoms with van der Waals surface area (Å²) in [6.45, 7) is 4.53. The molecule has 6 nitrogen and oxygen atoms in total. The molecular formula is C26H27N3O3. The number of nitrogens with zero attached hydrogens (tertiary/aromatic N) is 1. The van der Waals surface area contributed by atoms with Crippen molar-refractivity contribution in [2.75, 3.05) is 5.32 Å². The van der Waals surface area contributed by atoms with E-state index in [0.29, 0.717) is 12.3 Å². The molecule has 2 amide bonds. The third-order valence-electron chi connectivity index (χ3n) is 4.69. The van der Waals surface area contributed by atoms with Gasteiger partial charge in [-0.2, -0.15) is 5.10 Å². The quantitative estimate of drug-likeness (QED) is 0.380. The molecule has 0 saturated heterocycles. The minimum absolute atomic E-state index is 0.0563. The Labute approximate surface area is 188 Å². The summed E-state index contributed by atoms with van der Waals surface area (Å²) in [4.78, 5) is 23.9. The standard InChI is InChI=1S/C26H27N3O3/c1-19-6-10-23(11-7-19)28-25(30)14-15-26(31)29-27-17-21-8-12-24(13-9-21)32-18-22-5-3-4-20(2)16-22/h3-13,16-17H,14-15,18H2,1-2H3,(H,28,30)(H,29,31). The lowest BCUT2D eigenvalue weighted by atomic mass is 10.1. The fourth-order valence-electron chi connectivity index (χ4n) is 2.94. The second-order valence-corrected chi connectivity index (χ2v) is 7.55. The highest BCUT2D eigenvalue weighted by atomic mass is 16.5. The van der Waals surface area contributed by atoms with E-state index in [1.165, 1.54) is 5.56 Å². The largest absolute Gasteiger partial charge is 0.489 e. The van der Waals surface area contributed by atoms with Crippen molar-refractivity contribution >= 4 is 23.7 Å². The van der Waals surface area contributed by atoms with Crippen molar-refractivity contribution in [3.63, 3.8) is 0 Å². The first-order valence-corrected chi connectivity index (χ1v) is 10.4. The summed E-state index contributed by atoms with van der Waals surface area (Å²) in [6.07, 6.45) is 1.69. The highest BCUT2D eigenvalue weighted by Gasteiger charge is 2.06. The Bertz CT molecular complexity index is 1070. The summed E-state index contributed by atoms with van der Waals surface area (Å²) in [5.41, 5.74) is 7.41. The molecule has 0 unspecified atom stereocenters. The number of carbonyl (C=O) groups excluding carboxylic acids is 2. The predicted octanol–water partition coefficient (Wildman–Crippen LogP) is 4.75. The topological polar surface area (TPSA) is 79.8 Å². The van der Waals surface area contributed by atoms with Crippen LogP contribution in [0.25, 0.3) is 0 Å². The molecule has 2 N–H and O–H groups in total.